The summed E-state index contributed by atoms with van der Waals surface area (Å²) in [4.78, 5) is 5.84. The Bertz CT molecular complexity index is 589. The van der Waals surface area contributed by atoms with Crippen molar-refractivity contribution in [2.24, 2.45) is 0 Å². The second-order valence-electron chi connectivity index (χ2n) is 4.40. The van der Waals surface area contributed by atoms with Gasteiger partial charge in [0.1, 0.15) is 5.75 Å². The molecular formula is C15H18FN3O. The molecule has 0 saturated heterocycles. The van der Waals surface area contributed by atoms with E-state index in [-0.39, 0.29) is 5.82 Å². The Morgan fingerprint density at radius 2 is 2.15 bits per heavy atom. The Hall–Kier alpha value is -2.14. The van der Waals surface area contributed by atoms with E-state index in [0.717, 1.165) is 11.4 Å². The van der Waals surface area contributed by atoms with E-state index in [0.29, 0.717) is 17.9 Å². The molecule has 0 aliphatic carbocycles. The molecule has 4 nitrogen and oxygen atoms in total. The zero-order valence-corrected chi connectivity index (χ0v) is 11.9. The Morgan fingerprint density at radius 1 is 1.35 bits per heavy atom. The molecule has 0 aliphatic rings. The Kier molecular flexibility index (Phi) is 4.53. The predicted molar refractivity (Wildman–Crippen MR) is 78.0 cm³/mol. The number of hydrogen-bond acceptors (Lipinski definition) is 4. The summed E-state index contributed by atoms with van der Waals surface area (Å²) in [5.74, 6) is 0.708. The molecule has 0 radical (unpaired) electrons. The second-order valence-corrected chi connectivity index (χ2v) is 4.40. The first-order chi connectivity index (χ1) is 9.67. The Morgan fingerprint density at radius 3 is 2.85 bits per heavy atom. The largest absolute Gasteiger partial charge is 0.497 e. The molecule has 2 aromatic rings. The van der Waals surface area contributed by atoms with Gasteiger partial charge >= 0.3 is 0 Å². The van der Waals surface area contributed by atoms with Gasteiger partial charge in [-0.1, -0.05) is 6.07 Å². The number of nitrogens with zero attached hydrogens (tertiary/aromatic N) is 2. The summed E-state index contributed by atoms with van der Waals surface area (Å²) in [7, 11) is 5.17. The van der Waals surface area contributed by atoms with Gasteiger partial charge in [-0.25, -0.2) is 9.37 Å². The summed E-state index contributed by atoms with van der Waals surface area (Å²) in [5, 5.41) is 2.94. The van der Waals surface area contributed by atoms with Crippen molar-refractivity contribution in [1.29, 1.82) is 0 Å². The fourth-order valence-electron chi connectivity index (χ4n) is 1.97. The van der Waals surface area contributed by atoms with Gasteiger partial charge in [0.15, 0.2) is 11.6 Å². The van der Waals surface area contributed by atoms with Gasteiger partial charge in [0.05, 0.1) is 7.11 Å². The SMILES string of the molecule is CNCc1ccnc(N(C)c2cccc(OC)c2)c1F. The highest BCUT2D eigenvalue weighted by molar-refractivity contribution is 5.61. The van der Waals surface area contributed by atoms with Gasteiger partial charge in [0, 0.05) is 37.1 Å². The summed E-state index contributed by atoms with van der Waals surface area (Å²) in [5.41, 5.74) is 1.41. The van der Waals surface area contributed by atoms with Crippen LogP contribution in [0.1, 0.15) is 5.56 Å². The molecule has 106 valence electrons. The van der Waals surface area contributed by atoms with Crippen LogP contribution in [0.3, 0.4) is 0 Å². The highest BCUT2D eigenvalue weighted by Crippen LogP contribution is 2.28. The van der Waals surface area contributed by atoms with Crippen LogP contribution in [0.25, 0.3) is 0 Å². The molecule has 1 N–H and O–H groups in total. The first kappa shape index (κ1) is 14.3. The van der Waals surface area contributed by atoms with Gasteiger partial charge in [-0.3, -0.25) is 0 Å². The predicted octanol–water partition coefficient (Wildman–Crippen LogP) is 2.72. The standard InChI is InChI=1S/C15H18FN3O/c1-17-10-11-7-8-18-15(14(11)16)19(2)12-5-4-6-13(9-12)20-3/h4-9,17H,10H2,1-3H3. The number of aromatic nitrogens is 1. The molecule has 5 heteroatoms. The van der Waals surface area contributed by atoms with Crippen LogP contribution in [0.4, 0.5) is 15.9 Å². The maximum Gasteiger partial charge on any atom is 0.170 e. The Balaban J connectivity index is 2.37. The highest BCUT2D eigenvalue weighted by Gasteiger charge is 2.14. The van der Waals surface area contributed by atoms with Crippen LogP contribution in [0.5, 0.6) is 5.75 Å². The molecule has 1 aromatic heterocycles. The molecule has 0 bridgehead atoms. The van der Waals surface area contributed by atoms with Crippen molar-refractivity contribution in [2.45, 2.75) is 6.54 Å². The normalized spacial score (nSPS) is 10.4. The van der Waals surface area contributed by atoms with Gasteiger partial charge in [-0.15, -0.1) is 0 Å². The number of hydrogen-bond donors (Lipinski definition) is 1. The van der Waals surface area contributed by atoms with Crippen LogP contribution in [0.2, 0.25) is 0 Å². The third-order valence-electron chi connectivity index (χ3n) is 3.08. The van der Waals surface area contributed by atoms with Gasteiger partial charge in [0.25, 0.3) is 0 Å². The average Bonchev–Trinajstić information content (AvgIpc) is 2.49. The maximum atomic E-state index is 14.4. The lowest BCUT2D eigenvalue weighted by Crippen LogP contribution is -2.16. The number of rotatable bonds is 5. The van der Waals surface area contributed by atoms with E-state index in [1.54, 1.807) is 38.4 Å². The number of pyridine rings is 1. The molecule has 0 unspecified atom stereocenters. The van der Waals surface area contributed by atoms with Crippen molar-refractivity contribution < 1.29 is 9.13 Å². The van der Waals surface area contributed by atoms with Crippen molar-refractivity contribution >= 4 is 11.5 Å². The number of methoxy groups -OCH3 is 1. The van der Waals surface area contributed by atoms with E-state index in [1.165, 1.54) is 0 Å². The van der Waals surface area contributed by atoms with Crippen LogP contribution >= 0.6 is 0 Å². The lowest BCUT2D eigenvalue weighted by molar-refractivity contribution is 0.415. The number of benzene rings is 1. The van der Waals surface area contributed by atoms with Crippen LogP contribution in [-0.2, 0) is 6.54 Å². The lowest BCUT2D eigenvalue weighted by atomic mass is 10.2. The fourth-order valence-corrected chi connectivity index (χ4v) is 1.97. The minimum Gasteiger partial charge on any atom is -0.497 e. The summed E-state index contributed by atoms with van der Waals surface area (Å²) in [6.07, 6.45) is 1.61. The van der Waals surface area contributed by atoms with Gasteiger partial charge < -0.3 is 15.0 Å². The number of nitrogens with one attached hydrogen (secondary N) is 1. The third-order valence-corrected chi connectivity index (χ3v) is 3.08. The van der Waals surface area contributed by atoms with E-state index < -0.39 is 0 Å². The third kappa shape index (κ3) is 2.88. The molecule has 0 saturated carbocycles. The van der Waals surface area contributed by atoms with Crippen molar-refractivity contribution in [3.8, 4) is 5.75 Å². The number of anilines is 2. The Labute approximate surface area is 118 Å². The summed E-state index contributed by atoms with van der Waals surface area (Å²) in [6.45, 7) is 0.466. The monoisotopic (exact) mass is 275 g/mol. The molecule has 2 rings (SSSR count). The van der Waals surface area contributed by atoms with E-state index in [9.17, 15) is 4.39 Å². The van der Waals surface area contributed by atoms with Crippen LogP contribution in [-0.4, -0.2) is 26.2 Å². The quantitative estimate of drug-likeness (QED) is 0.910. The molecule has 0 amide bonds. The summed E-state index contributed by atoms with van der Waals surface area (Å²) >= 11 is 0. The highest BCUT2D eigenvalue weighted by atomic mass is 19.1. The molecular weight excluding hydrogens is 257 g/mol. The number of halogens is 1. The van der Waals surface area contributed by atoms with Crippen molar-refractivity contribution in [3.63, 3.8) is 0 Å². The molecule has 1 heterocycles. The second kappa shape index (κ2) is 6.34. The first-order valence-corrected chi connectivity index (χ1v) is 6.33. The lowest BCUT2D eigenvalue weighted by Gasteiger charge is -2.20. The van der Waals surface area contributed by atoms with Gasteiger partial charge in [-0.05, 0) is 25.2 Å². The minimum absolute atomic E-state index is 0.297. The molecule has 1 aromatic carbocycles. The van der Waals surface area contributed by atoms with Crippen LogP contribution in [0.15, 0.2) is 36.5 Å². The minimum atomic E-state index is -0.313. The molecule has 0 aliphatic heterocycles. The molecule has 0 spiro atoms. The zero-order valence-electron chi connectivity index (χ0n) is 11.9. The molecule has 0 atom stereocenters. The van der Waals surface area contributed by atoms with Crippen molar-refractivity contribution in [3.05, 3.63) is 47.9 Å². The summed E-state index contributed by atoms with van der Waals surface area (Å²) < 4.78 is 19.6. The number of ether oxygens (including phenoxy) is 1. The van der Waals surface area contributed by atoms with E-state index >= 15 is 0 Å². The van der Waals surface area contributed by atoms with Gasteiger partial charge in [-0.2, -0.15) is 0 Å². The fraction of sp³-hybridized carbons (Fsp3) is 0.267. The van der Waals surface area contributed by atoms with Crippen LogP contribution < -0.4 is 15.0 Å². The average molecular weight is 275 g/mol. The van der Waals surface area contributed by atoms with Gasteiger partial charge in [0.2, 0.25) is 0 Å². The van der Waals surface area contributed by atoms with E-state index in [1.807, 2.05) is 24.3 Å². The van der Waals surface area contributed by atoms with E-state index in [4.69, 9.17) is 4.74 Å². The van der Waals surface area contributed by atoms with Crippen molar-refractivity contribution in [1.82, 2.24) is 10.3 Å². The van der Waals surface area contributed by atoms with Crippen LogP contribution in [0, 0.1) is 5.82 Å². The first-order valence-electron chi connectivity index (χ1n) is 6.33. The topological polar surface area (TPSA) is 37.4 Å². The zero-order chi connectivity index (χ0) is 14.5. The molecule has 0 fully saturated rings. The van der Waals surface area contributed by atoms with Crippen molar-refractivity contribution in [2.75, 3.05) is 26.1 Å². The molecule has 20 heavy (non-hydrogen) atoms. The maximum absolute atomic E-state index is 14.4. The summed E-state index contributed by atoms with van der Waals surface area (Å²) in [6, 6.07) is 9.10. The smallest absolute Gasteiger partial charge is 0.170 e. The van der Waals surface area contributed by atoms with E-state index in [2.05, 4.69) is 10.3 Å².